The molecule has 1 unspecified atom stereocenters. The van der Waals surface area contributed by atoms with Crippen molar-refractivity contribution in [1.82, 2.24) is 9.97 Å². The number of fused-ring (bicyclic) bond motifs is 1. The molecule has 4 rings (SSSR count). The molecule has 0 radical (unpaired) electrons. The van der Waals surface area contributed by atoms with Crippen LogP contribution < -0.4 is 15.4 Å². The standard InChI is InChI=1S/C20H21ClN4O2/c1-26-18-9-8-13(21)11-17(18)24-20-23-16-7-3-2-6-15(16)19(25-20)22-12-14-5-4-10-27-14/h2-3,6-9,11,14H,4-5,10,12H2,1H3,(H2,22,23,24,25). The highest BCUT2D eigenvalue weighted by Gasteiger charge is 2.16. The number of benzene rings is 2. The topological polar surface area (TPSA) is 68.3 Å². The lowest BCUT2D eigenvalue weighted by molar-refractivity contribution is 0.120. The lowest BCUT2D eigenvalue weighted by Gasteiger charge is -2.15. The largest absolute Gasteiger partial charge is 0.495 e. The molecule has 1 atom stereocenters. The SMILES string of the molecule is COc1ccc(Cl)cc1Nc1nc(NCC2CCCO2)c2ccccc2n1. The third-order valence-electron chi connectivity index (χ3n) is 4.53. The number of nitrogens with one attached hydrogen (secondary N) is 2. The summed E-state index contributed by atoms with van der Waals surface area (Å²) < 4.78 is 11.1. The highest BCUT2D eigenvalue weighted by molar-refractivity contribution is 6.31. The van der Waals surface area contributed by atoms with E-state index < -0.39 is 0 Å². The van der Waals surface area contributed by atoms with E-state index in [4.69, 9.17) is 21.1 Å². The van der Waals surface area contributed by atoms with Gasteiger partial charge in [-0.05, 0) is 43.2 Å². The normalized spacial score (nSPS) is 16.4. The lowest BCUT2D eigenvalue weighted by Crippen LogP contribution is -2.19. The molecule has 2 heterocycles. The molecular formula is C20H21ClN4O2. The molecule has 3 aromatic rings. The molecule has 1 saturated heterocycles. The Kier molecular flexibility index (Phi) is 5.27. The Bertz CT molecular complexity index is 944. The second-order valence-electron chi connectivity index (χ2n) is 6.40. The van der Waals surface area contributed by atoms with Crippen molar-refractivity contribution in [2.45, 2.75) is 18.9 Å². The molecule has 1 aliphatic rings. The quantitative estimate of drug-likeness (QED) is 0.646. The zero-order chi connectivity index (χ0) is 18.6. The minimum Gasteiger partial charge on any atom is -0.495 e. The van der Waals surface area contributed by atoms with Crippen molar-refractivity contribution in [3.05, 3.63) is 47.5 Å². The Morgan fingerprint density at radius 3 is 2.93 bits per heavy atom. The van der Waals surface area contributed by atoms with Crippen LogP contribution in [0.1, 0.15) is 12.8 Å². The Hall–Kier alpha value is -2.57. The zero-order valence-electron chi connectivity index (χ0n) is 15.0. The van der Waals surface area contributed by atoms with Crippen LogP contribution in [-0.4, -0.2) is 36.3 Å². The maximum Gasteiger partial charge on any atom is 0.229 e. The van der Waals surface area contributed by atoms with E-state index in [1.54, 1.807) is 19.2 Å². The molecule has 0 saturated carbocycles. The van der Waals surface area contributed by atoms with Crippen LogP contribution in [0.5, 0.6) is 5.75 Å². The molecule has 1 aromatic heterocycles. The number of hydrogen-bond acceptors (Lipinski definition) is 6. The second-order valence-corrected chi connectivity index (χ2v) is 6.83. The van der Waals surface area contributed by atoms with Gasteiger partial charge in [-0.25, -0.2) is 4.98 Å². The molecule has 1 aliphatic heterocycles. The minimum absolute atomic E-state index is 0.225. The average molecular weight is 385 g/mol. The number of halogens is 1. The molecule has 7 heteroatoms. The summed E-state index contributed by atoms with van der Waals surface area (Å²) >= 11 is 6.13. The predicted molar refractivity (Wildman–Crippen MR) is 108 cm³/mol. The van der Waals surface area contributed by atoms with E-state index in [0.717, 1.165) is 42.7 Å². The summed E-state index contributed by atoms with van der Waals surface area (Å²) in [5.74, 6) is 1.92. The van der Waals surface area contributed by atoms with Gasteiger partial charge in [0.1, 0.15) is 11.6 Å². The second kappa shape index (κ2) is 7.98. The average Bonchev–Trinajstić information content (AvgIpc) is 3.20. The Balaban J connectivity index is 1.65. The molecule has 2 aromatic carbocycles. The van der Waals surface area contributed by atoms with Gasteiger partial charge in [0, 0.05) is 23.6 Å². The first-order valence-corrected chi connectivity index (χ1v) is 9.33. The molecule has 1 fully saturated rings. The van der Waals surface area contributed by atoms with Gasteiger partial charge in [0.15, 0.2) is 0 Å². The maximum absolute atomic E-state index is 6.13. The lowest BCUT2D eigenvalue weighted by atomic mass is 10.2. The summed E-state index contributed by atoms with van der Waals surface area (Å²) in [4.78, 5) is 9.30. The fraction of sp³-hybridized carbons (Fsp3) is 0.300. The number of anilines is 3. The van der Waals surface area contributed by atoms with Gasteiger partial charge in [0.25, 0.3) is 0 Å². The van der Waals surface area contributed by atoms with Gasteiger partial charge < -0.3 is 20.1 Å². The van der Waals surface area contributed by atoms with Crippen LogP contribution in [0.15, 0.2) is 42.5 Å². The molecule has 27 heavy (non-hydrogen) atoms. The number of aromatic nitrogens is 2. The molecule has 140 valence electrons. The van der Waals surface area contributed by atoms with Crippen molar-refractivity contribution in [1.29, 1.82) is 0 Å². The van der Waals surface area contributed by atoms with Crippen molar-refractivity contribution >= 4 is 40.0 Å². The van der Waals surface area contributed by atoms with Crippen molar-refractivity contribution in [3.8, 4) is 5.75 Å². The van der Waals surface area contributed by atoms with Gasteiger partial charge in [-0.1, -0.05) is 23.7 Å². The summed E-state index contributed by atoms with van der Waals surface area (Å²) in [6, 6.07) is 13.3. The fourth-order valence-corrected chi connectivity index (χ4v) is 3.35. The van der Waals surface area contributed by atoms with Gasteiger partial charge in [0.2, 0.25) is 5.95 Å². The highest BCUT2D eigenvalue weighted by Crippen LogP contribution is 2.31. The van der Waals surface area contributed by atoms with Gasteiger partial charge in [-0.3, -0.25) is 0 Å². The van der Waals surface area contributed by atoms with E-state index in [0.29, 0.717) is 22.4 Å². The summed E-state index contributed by atoms with van der Waals surface area (Å²) in [6.07, 6.45) is 2.40. The van der Waals surface area contributed by atoms with E-state index in [1.807, 2.05) is 30.3 Å². The van der Waals surface area contributed by atoms with Crippen molar-refractivity contribution in [2.75, 3.05) is 30.9 Å². The van der Waals surface area contributed by atoms with E-state index in [-0.39, 0.29) is 6.10 Å². The van der Waals surface area contributed by atoms with Crippen LogP contribution in [0.25, 0.3) is 10.9 Å². The maximum atomic E-state index is 6.13. The van der Waals surface area contributed by atoms with Crippen LogP contribution in [-0.2, 0) is 4.74 Å². The van der Waals surface area contributed by atoms with E-state index >= 15 is 0 Å². The van der Waals surface area contributed by atoms with Crippen molar-refractivity contribution in [3.63, 3.8) is 0 Å². The molecule has 0 bridgehead atoms. The number of methoxy groups -OCH3 is 1. The fourth-order valence-electron chi connectivity index (χ4n) is 3.18. The number of para-hydroxylation sites is 1. The summed E-state index contributed by atoms with van der Waals surface area (Å²) in [5.41, 5.74) is 1.57. The highest BCUT2D eigenvalue weighted by atomic mass is 35.5. The minimum atomic E-state index is 0.225. The van der Waals surface area contributed by atoms with E-state index in [1.165, 1.54) is 0 Å². The van der Waals surface area contributed by atoms with Gasteiger partial charge in [0.05, 0.1) is 24.4 Å². The van der Waals surface area contributed by atoms with Crippen LogP contribution >= 0.6 is 11.6 Å². The molecular weight excluding hydrogens is 364 g/mol. The van der Waals surface area contributed by atoms with Gasteiger partial charge in [-0.15, -0.1) is 0 Å². The third-order valence-corrected chi connectivity index (χ3v) is 4.77. The van der Waals surface area contributed by atoms with Crippen LogP contribution in [0, 0.1) is 0 Å². The third kappa shape index (κ3) is 4.07. The predicted octanol–water partition coefficient (Wildman–Crippen LogP) is 4.63. The molecule has 0 amide bonds. The number of rotatable bonds is 6. The van der Waals surface area contributed by atoms with E-state index in [2.05, 4.69) is 20.6 Å². The molecule has 2 N–H and O–H groups in total. The Morgan fingerprint density at radius 1 is 1.22 bits per heavy atom. The molecule has 6 nitrogen and oxygen atoms in total. The summed E-state index contributed by atoms with van der Waals surface area (Å²) in [5, 5.41) is 8.22. The van der Waals surface area contributed by atoms with Crippen LogP contribution in [0.4, 0.5) is 17.5 Å². The van der Waals surface area contributed by atoms with Crippen molar-refractivity contribution in [2.24, 2.45) is 0 Å². The van der Waals surface area contributed by atoms with E-state index in [9.17, 15) is 0 Å². The molecule has 0 aliphatic carbocycles. The summed E-state index contributed by atoms with van der Waals surface area (Å²) in [7, 11) is 1.62. The van der Waals surface area contributed by atoms with Crippen molar-refractivity contribution < 1.29 is 9.47 Å². The number of ether oxygens (including phenoxy) is 2. The number of hydrogen-bond donors (Lipinski definition) is 2. The van der Waals surface area contributed by atoms with Crippen LogP contribution in [0.2, 0.25) is 5.02 Å². The Labute approximate surface area is 162 Å². The van der Waals surface area contributed by atoms with Gasteiger partial charge in [-0.2, -0.15) is 4.98 Å². The zero-order valence-corrected chi connectivity index (χ0v) is 15.8. The molecule has 0 spiro atoms. The first-order valence-electron chi connectivity index (χ1n) is 8.96. The number of nitrogens with zero attached hydrogens (tertiary/aromatic N) is 2. The monoisotopic (exact) mass is 384 g/mol. The smallest absolute Gasteiger partial charge is 0.229 e. The first kappa shape index (κ1) is 17.8. The summed E-state index contributed by atoms with van der Waals surface area (Å²) in [6.45, 7) is 1.55. The van der Waals surface area contributed by atoms with Crippen LogP contribution in [0.3, 0.4) is 0 Å². The van der Waals surface area contributed by atoms with Gasteiger partial charge >= 0.3 is 0 Å². The Morgan fingerprint density at radius 2 is 2.11 bits per heavy atom. The first-order chi connectivity index (χ1) is 13.2.